The Morgan fingerprint density at radius 2 is 2.35 bits per heavy atom. The van der Waals surface area contributed by atoms with Gasteiger partial charge in [0.15, 0.2) is 0 Å². The summed E-state index contributed by atoms with van der Waals surface area (Å²) < 4.78 is 6.94. The molecule has 7 nitrogen and oxygen atoms in total. The number of aromatic nitrogens is 4. The SMILES string of the molecule is Cn1cc(COc2ccc(C(=O)O)nc2)nn1. The summed E-state index contributed by atoms with van der Waals surface area (Å²) in [6.45, 7) is 0.266. The largest absolute Gasteiger partial charge is 0.486 e. The van der Waals surface area contributed by atoms with Gasteiger partial charge in [0.1, 0.15) is 23.7 Å². The number of carboxylic acids is 1. The van der Waals surface area contributed by atoms with Gasteiger partial charge in [-0.1, -0.05) is 5.21 Å². The maximum atomic E-state index is 10.6. The van der Waals surface area contributed by atoms with Gasteiger partial charge in [0, 0.05) is 7.05 Å². The molecule has 0 saturated heterocycles. The first-order valence-electron chi connectivity index (χ1n) is 4.82. The molecule has 0 aliphatic carbocycles. The van der Waals surface area contributed by atoms with E-state index in [1.165, 1.54) is 12.3 Å². The molecule has 0 unspecified atom stereocenters. The third-order valence-electron chi connectivity index (χ3n) is 1.99. The Morgan fingerprint density at radius 1 is 1.53 bits per heavy atom. The van der Waals surface area contributed by atoms with Gasteiger partial charge in [-0.05, 0) is 12.1 Å². The van der Waals surface area contributed by atoms with E-state index in [4.69, 9.17) is 9.84 Å². The van der Waals surface area contributed by atoms with Crippen LogP contribution in [0.3, 0.4) is 0 Å². The Hall–Kier alpha value is -2.44. The number of rotatable bonds is 4. The summed E-state index contributed by atoms with van der Waals surface area (Å²) in [5, 5.41) is 16.3. The molecule has 0 fully saturated rings. The second-order valence-electron chi connectivity index (χ2n) is 3.36. The summed E-state index contributed by atoms with van der Waals surface area (Å²) >= 11 is 0. The van der Waals surface area contributed by atoms with E-state index >= 15 is 0 Å². The van der Waals surface area contributed by atoms with Gasteiger partial charge in [-0.25, -0.2) is 9.78 Å². The molecule has 0 amide bonds. The van der Waals surface area contributed by atoms with E-state index in [0.717, 1.165) is 0 Å². The zero-order valence-electron chi connectivity index (χ0n) is 9.07. The maximum absolute atomic E-state index is 10.6. The minimum Gasteiger partial charge on any atom is -0.486 e. The minimum absolute atomic E-state index is 0.0168. The molecule has 0 bridgehead atoms. The standard InChI is InChI=1S/C10H10N4O3/c1-14-5-7(12-13-14)6-17-8-2-3-9(10(15)16)11-4-8/h2-5H,6H2,1H3,(H,15,16). The molecule has 88 valence electrons. The Kier molecular flexibility index (Phi) is 2.99. The van der Waals surface area contributed by atoms with Crippen molar-refractivity contribution >= 4 is 5.97 Å². The Balaban J connectivity index is 1.97. The number of hydrogen-bond donors (Lipinski definition) is 1. The predicted octanol–water partition coefficient (Wildman–Crippen LogP) is 0.487. The van der Waals surface area contributed by atoms with E-state index in [9.17, 15) is 4.79 Å². The van der Waals surface area contributed by atoms with Crippen molar-refractivity contribution in [2.24, 2.45) is 7.05 Å². The summed E-state index contributed by atoms with van der Waals surface area (Å²) in [5.41, 5.74) is 0.673. The molecule has 0 spiro atoms. The van der Waals surface area contributed by atoms with Crippen LogP contribution >= 0.6 is 0 Å². The first-order chi connectivity index (χ1) is 8.15. The highest BCUT2D eigenvalue weighted by Gasteiger charge is 2.04. The molecule has 0 aromatic carbocycles. The number of carbonyl (C=O) groups is 1. The summed E-state index contributed by atoms with van der Waals surface area (Å²) in [5.74, 6) is -0.578. The lowest BCUT2D eigenvalue weighted by molar-refractivity contribution is 0.0690. The average Bonchev–Trinajstić information content (AvgIpc) is 2.73. The van der Waals surface area contributed by atoms with Crippen LogP contribution in [-0.2, 0) is 13.7 Å². The van der Waals surface area contributed by atoms with Crippen molar-refractivity contribution in [3.8, 4) is 5.75 Å². The summed E-state index contributed by atoms with van der Waals surface area (Å²) in [7, 11) is 1.76. The Bertz CT molecular complexity index is 521. The monoisotopic (exact) mass is 234 g/mol. The number of ether oxygens (including phenoxy) is 1. The van der Waals surface area contributed by atoms with Gasteiger partial charge in [0.25, 0.3) is 0 Å². The van der Waals surface area contributed by atoms with E-state index in [1.807, 2.05) is 0 Å². The first-order valence-corrected chi connectivity index (χ1v) is 4.82. The molecule has 0 radical (unpaired) electrons. The Labute approximate surface area is 96.7 Å². The zero-order chi connectivity index (χ0) is 12.3. The van der Waals surface area contributed by atoms with E-state index < -0.39 is 5.97 Å². The molecular weight excluding hydrogens is 224 g/mol. The van der Waals surface area contributed by atoms with Gasteiger partial charge in [-0.15, -0.1) is 5.10 Å². The van der Waals surface area contributed by atoms with Crippen LogP contribution in [-0.4, -0.2) is 31.1 Å². The van der Waals surface area contributed by atoms with Crippen molar-refractivity contribution < 1.29 is 14.6 Å². The van der Waals surface area contributed by atoms with Crippen molar-refractivity contribution in [1.82, 2.24) is 20.0 Å². The number of pyridine rings is 1. The van der Waals surface area contributed by atoms with Gasteiger partial charge in [0.2, 0.25) is 0 Å². The normalized spacial score (nSPS) is 10.2. The minimum atomic E-state index is -1.06. The average molecular weight is 234 g/mol. The smallest absolute Gasteiger partial charge is 0.354 e. The highest BCUT2D eigenvalue weighted by molar-refractivity contribution is 5.85. The molecule has 2 aromatic rings. The molecule has 0 atom stereocenters. The quantitative estimate of drug-likeness (QED) is 0.827. The summed E-state index contributed by atoms with van der Waals surface area (Å²) in [6, 6.07) is 2.93. The summed E-state index contributed by atoms with van der Waals surface area (Å²) in [6.07, 6.45) is 3.10. The van der Waals surface area contributed by atoms with Crippen molar-refractivity contribution in [2.45, 2.75) is 6.61 Å². The molecule has 2 heterocycles. The van der Waals surface area contributed by atoms with Crippen LogP contribution in [0.2, 0.25) is 0 Å². The van der Waals surface area contributed by atoms with Gasteiger partial charge in [0.05, 0.1) is 12.4 Å². The fourth-order valence-corrected chi connectivity index (χ4v) is 1.21. The maximum Gasteiger partial charge on any atom is 0.354 e. The molecule has 0 aliphatic heterocycles. The van der Waals surface area contributed by atoms with Crippen LogP contribution in [0, 0.1) is 0 Å². The van der Waals surface area contributed by atoms with Crippen LogP contribution in [0.15, 0.2) is 24.5 Å². The number of aryl methyl sites for hydroxylation is 1. The number of aromatic carboxylic acids is 1. The molecule has 1 N–H and O–H groups in total. The van der Waals surface area contributed by atoms with Gasteiger partial charge < -0.3 is 9.84 Å². The predicted molar refractivity (Wildman–Crippen MR) is 56.5 cm³/mol. The van der Waals surface area contributed by atoms with Crippen LogP contribution in [0.5, 0.6) is 5.75 Å². The van der Waals surface area contributed by atoms with Gasteiger partial charge in [-0.2, -0.15) is 0 Å². The van der Waals surface area contributed by atoms with Crippen molar-refractivity contribution in [2.75, 3.05) is 0 Å². The fourth-order valence-electron chi connectivity index (χ4n) is 1.21. The third-order valence-corrected chi connectivity index (χ3v) is 1.99. The van der Waals surface area contributed by atoms with Crippen LogP contribution in [0.1, 0.15) is 16.2 Å². The van der Waals surface area contributed by atoms with E-state index in [2.05, 4.69) is 15.3 Å². The highest BCUT2D eigenvalue weighted by Crippen LogP contribution is 2.10. The fraction of sp³-hybridized carbons (Fsp3) is 0.200. The lowest BCUT2D eigenvalue weighted by atomic mass is 10.3. The van der Waals surface area contributed by atoms with Crippen molar-refractivity contribution in [1.29, 1.82) is 0 Å². The Morgan fingerprint density at radius 3 is 2.88 bits per heavy atom. The molecule has 17 heavy (non-hydrogen) atoms. The third kappa shape index (κ3) is 2.77. The lowest BCUT2D eigenvalue weighted by Crippen LogP contribution is -2.01. The lowest BCUT2D eigenvalue weighted by Gasteiger charge is -2.02. The van der Waals surface area contributed by atoms with E-state index in [1.54, 1.807) is 24.0 Å². The number of carboxylic acid groups (broad SMARTS) is 1. The number of hydrogen-bond acceptors (Lipinski definition) is 5. The van der Waals surface area contributed by atoms with Crippen molar-refractivity contribution in [3.63, 3.8) is 0 Å². The molecular formula is C10H10N4O3. The number of nitrogens with zero attached hydrogens (tertiary/aromatic N) is 4. The van der Waals surface area contributed by atoms with E-state index in [0.29, 0.717) is 11.4 Å². The van der Waals surface area contributed by atoms with Crippen LogP contribution < -0.4 is 4.74 Å². The van der Waals surface area contributed by atoms with E-state index in [-0.39, 0.29) is 12.3 Å². The molecule has 0 aliphatic rings. The summed E-state index contributed by atoms with van der Waals surface area (Å²) in [4.78, 5) is 14.3. The molecule has 7 heteroatoms. The highest BCUT2D eigenvalue weighted by atomic mass is 16.5. The second-order valence-corrected chi connectivity index (χ2v) is 3.36. The van der Waals surface area contributed by atoms with Gasteiger partial charge in [-0.3, -0.25) is 4.68 Å². The first kappa shape index (κ1) is 11.1. The molecule has 0 saturated carbocycles. The van der Waals surface area contributed by atoms with Crippen molar-refractivity contribution in [3.05, 3.63) is 35.9 Å². The second kappa shape index (κ2) is 4.60. The van der Waals surface area contributed by atoms with Gasteiger partial charge >= 0.3 is 5.97 Å². The zero-order valence-corrected chi connectivity index (χ0v) is 9.07. The molecule has 2 rings (SSSR count). The molecule has 2 aromatic heterocycles. The van der Waals surface area contributed by atoms with Crippen LogP contribution in [0.25, 0.3) is 0 Å². The van der Waals surface area contributed by atoms with Crippen LogP contribution in [0.4, 0.5) is 0 Å². The topological polar surface area (TPSA) is 90.1 Å².